The molecular weight excluding hydrogens is 267 g/mol. The molecule has 4 nitrogen and oxygen atoms in total. The lowest BCUT2D eigenvalue weighted by Gasteiger charge is -2.05. The van der Waals surface area contributed by atoms with E-state index in [9.17, 15) is 4.39 Å². The first-order valence-electron chi connectivity index (χ1n) is 6.98. The zero-order valence-corrected chi connectivity index (χ0v) is 12.3. The minimum atomic E-state index is -0.481. The van der Waals surface area contributed by atoms with Crippen molar-refractivity contribution in [2.24, 2.45) is 5.92 Å². The van der Waals surface area contributed by atoms with Gasteiger partial charge >= 0.3 is 0 Å². The summed E-state index contributed by atoms with van der Waals surface area (Å²) in [4.78, 5) is 4.33. The van der Waals surface area contributed by atoms with E-state index >= 15 is 0 Å². The van der Waals surface area contributed by atoms with Crippen LogP contribution >= 0.6 is 0 Å². The highest BCUT2D eigenvalue weighted by molar-refractivity contribution is 5.34. The molecule has 0 radical (unpaired) electrons. The molecule has 0 unspecified atom stereocenters. The van der Waals surface area contributed by atoms with E-state index in [1.165, 1.54) is 6.07 Å². The Balaban J connectivity index is 1.98. The van der Waals surface area contributed by atoms with Gasteiger partial charge in [0.25, 0.3) is 0 Å². The van der Waals surface area contributed by atoms with Crippen molar-refractivity contribution in [1.29, 1.82) is 5.26 Å². The number of halogens is 1. The second-order valence-electron chi connectivity index (χ2n) is 5.49. The molecule has 1 heterocycles. The lowest BCUT2D eigenvalue weighted by Crippen LogP contribution is -2.19. The first-order chi connectivity index (χ1) is 10.1. The van der Waals surface area contributed by atoms with Crippen LogP contribution in [0.4, 0.5) is 4.39 Å². The first kappa shape index (κ1) is 15.2. The van der Waals surface area contributed by atoms with E-state index in [2.05, 4.69) is 24.1 Å². The molecule has 0 aliphatic rings. The van der Waals surface area contributed by atoms with Crippen LogP contribution in [-0.2, 0) is 13.1 Å². The Morgan fingerprint density at radius 2 is 2.24 bits per heavy atom. The van der Waals surface area contributed by atoms with Crippen LogP contribution in [0, 0.1) is 23.1 Å². The summed E-state index contributed by atoms with van der Waals surface area (Å²) in [5.41, 5.74) is 1.93. The van der Waals surface area contributed by atoms with Gasteiger partial charge in [-0.05, 0) is 30.2 Å². The second kappa shape index (κ2) is 7.00. The maximum absolute atomic E-state index is 13.3. The normalized spacial score (nSPS) is 10.8. The Bertz CT molecular complexity index is 640. The molecule has 1 N–H and O–H groups in total. The minimum absolute atomic E-state index is 0.0754. The number of hydrogen-bond donors (Lipinski definition) is 1. The number of aromatic nitrogens is 2. The predicted molar refractivity (Wildman–Crippen MR) is 79.0 cm³/mol. The second-order valence-corrected chi connectivity index (χ2v) is 5.49. The number of nitrogens with one attached hydrogen (secondary N) is 1. The Hall–Kier alpha value is -2.19. The van der Waals surface area contributed by atoms with E-state index in [4.69, 9.17) is 5.26 Å². The molecule has 1 aromatic carbocycles. The highest BCUT2D eigenvalue weighted by Gasteiger charge is 2.04. The van der Waals surface area contributed by atoms with Crippen molar-refractivity contribution in [3.8, 4) is 6.07 Å². The highest BCUT2D eigenvalue weighted by atomic mass is 19.1. The quantitative estimate of drug-likeness (QED) is 0.888. The van der Waals surface area contributed by atoms with Gasteiger partial charge in [0.1, 0.15) is 11.9 Å². The van der Waals surface area contributed by atoms with Crippen molar-refractivity contribution < 1.29 is 4.39 Å². The Labute approximate surface area is 124 Å². The predicted octanol–water partition coefficient (Wildman–Crippen LogP) is 2.69. The third kappa shape index (κ3) is 4.40. The van der Waals surface area contributed by atoms with Crippen LogP contribution in [0.15, 0.2) is 30.7 Å². The number of nitrogens with zero attached hydrogens (tertiary/aromatic N) is 3. The summed E-state index contributed by atoms with van der Waals surface area (Å²) in [6.07, 6.45) is 3.71. The van der Waals surface area contributed by atoms with Crippen LogP contribution in [0.1, 0.15) is 30.7 Å². The Morgan fingerprint density at radius 3 is 2.95 bits per heavy atom. The van der Waals surface area contributed by atoms with E-state index in [0.29, 0.717) is 12.5 Å². The molecule has 2 aromatic rings. The summed E-state index contributed by atoms with van der Waals surface area (Å²) >= 11 is 0. The molecule has 0 aliphatic carbocycles. The van der Waals surface area contributed by atoms with Crippen LogP contribution in [0.25, 0.3) is 0 Å². The van der Waals surface area contributed by atoms with E-state index in [1.54, 1.807) is 18.5 Å². The van der Waals surface area contributed by atoms with Gasteiger partial charge in [0.2, 0.25) is 0 Å². The number of rotatable bonds is 6. The summed E-state index contributed by atoms with van der Waals surface area (Å²) in [7, 11) is 0. The van der Waals surface area contributed by atoms with Crippen molar-refractivity contribution in [2.75, 3.05) is 6.54 Å². The maximum Gasteiger partial charge on any atom is 0.140 e. The van der Waals surface area contributed by atoms with E-state index < -0.39 is 5.82 Å². The van der Waals surface area contributed by atoms with Gasteiger partial charge in [-0.2, -0.15) is 5.26 Å². The summed E-state index contributed by atoms with van der Waals surface area (Å²) in [6, 6.07) is 6.45. The summed E-state index contributed by atoms with van der Waals surface area (Å²) in [5, 5.41) is 12.2. The fourth-order valence-corrected chi connectivity index (χ4v) is 2.04. The van der Waals surface area contributed by atoms with Crippen LogP contribution in [0.5, 0.6) is 0 Å². The number of imidazole rings is 1. The smallest absolute Gasteiger partial charge is 0.140 e. The molecule has 2 rings (SSSR count). The third-order valence-electron chi connectivity index (χ3n) is 3.06. The number of benzene rings is 1. The zero-order valence-electron chi connectivity index (χ0n) is 12.3. The van der Waals surface area contributed by atoms with Crippen molar-refractivity contribution in [3.63, 3.8) is 0 Å². The number of nitriles is 1. The maximum atomic E-state index is 13.3. The molecule has 5 heteroatoms. The Kier molecular flexibility index (Phi) is 5.07. The van der Waals surface area contributed by atoms with Gasteiger partial charge in [0, 0.05) is 19.3 Å². The summed E-state index contributed by atoms with van der Waals surface area (Å²) in [6.45, 7) is 6.58. The molecule has 0 saturated carbocycles. The topological polar surface area (TPSA) is 53.6 Å². The molecular formula is C16H19FN4. The molecule has 0 atom stereocenters. The van der Waals surface area contributed by atoms with Gasteiger partial charge in [-0.1, -0.05) is 19.9 Å². The summed E-state index contributed by atoms with van der Waals surface area (Å²) in [5.74, 6) is 0.126. The minimum Gasteiger partial charge on any atom is -0.333 e. The van der Waals surface area contributed by atoms with Crippen LogP contribution in [0.3, 0.4) is 0 Å². The molecule has 0 aliphatic heterocycles. The molecule has 110 valence electrons. The van der Waals surface area contributed by atoms with Gasteiger partial charge in [0.15, 0.2) is 0 Å². The van der Waals surface area contributed by atoms with Crippen molar-refractivity contribution >= 4 is 0 Å². The van der Waals surface area contributed by atoms with Crippen LogP contribution < -0.4 is 5.32 Å². The van der Waals surface area contributed by atoms with Gasteiger partial charge in [-0.25, -0.2) is 9.37 Å². The molecule has 0 amide bonds. The lowest BCUT2D eigenvalue weighted by molar-refractivity contribution is 0.548. The van der Waals surface area contributed by atoms with Crippen molar-refractivity contribution in [1.82, 2.24) is 14.9 Å². The molecule has 0 saturated heterocycles. The van der Waals surface area contributed by atoms with E-state index in [1.807, 2.05) is 16.8 Å². The molecule has 0 bridgehead atoms. The van der Waals surface area contributed by atoms with Gasteiger partial charge in [0.05, 0.1) is 17.6 Å². The van der Waals surface area contributed by atoms with Gasteiger partial charge in [-0.15, -0.1) is 0 Å². The molecule has 1 aromatic heterocycles. The van der Waals surface area contributed by atoms with Gasteiger partial charge < -0.3 is 9.88 Å². The molecule has 0 spiro atoms. The largest absolute Gasteiger partial charge is 0.333 e. The Morgan fingerprint density at radius 1 is 1.43 bits per heavy atom. The van der Waals surface area contributed by atoms with Crippen molar-refractivity contribution in [3.05, 3.63) is 53.4 Å². The number of hydrogen-bond acceptors (Lipinski definition) is 3. The molecule has 0 fully saturated rings. The van der Waals surface area contributed by atoms with E-state index in [-0.39, 0.29) is 5.56 Å². The SMILES string of the molecule is CC(C)CNCc1cn(Cc2ccc(F)c(C#N)c2)cn1. The molecule has 21 heavy (non-hydrogen) atoms. The fourth-order valence-electron chi connectivity index (χ4n) is 2.04. The average Bonchev–Trinajstić information content (AvgIpc) is 2.88. The lowest BCUT2D eigenvalue weighted by atomic mass is 10.1. The first-order valence-corrected chi connectivity index (χ1v) is 6.98. The van der Waals surface area contributed by atoms with Crippen molar-refractivity contribution in [2.45, 2.75) is 26.9 Å². The average molecular weight is 286 g/mol. The third-order valence-corrected chi connectivity index (χ3v) is 3.06. The highest BCUT2D eigenvalue weighted by Crippen LogP contribution is 2.11. The van der Waals surface area contributed by atoms with E-state index in [0.717, 1.165) is 24.3 Å². The fraction of sp³-hybridized carbons (Fsp3) is 0.375. The van der Waals surface area contributed by atoms with Crippen LogP contribution in [-0.4, -0.2) is 16.1 Å². The zero-order chi connectivity index (χ0) is 15.2. The van der Waals surface area contributed by atoms with Gasteiger partial charge in [-0.3, -0.25) is 0 Å². The van der Waals surface area contributed by atoms with Crippen LogP contribution in [0.2, 0.25) is 0 Å². The summed E-state index contributed by atoms with van der Waals surface area (Å²) < 4.78 is 15.2. The monoisotopic (exact) mass is 286 g/mol. The standard InChI is InChI=1S/C16H19FN4/c1-12(2)7-19-8-15-10-21(11-20-15)9-13-3-4-16(17)14(5-13)6-18/h3-5,10-12,19H,7-9H2,1-2H3.